The second-order valence-corrected chi connectivity index (χ2v) is 6.43. The van der Waals surface area contributed by atoms with Gasteiger partial charge in [-0.05, 0) is 43.2 Å². The van der Waals surface area contributed by atoms with Crippen LogP contribution in [0.1, 0.15) is 11.1 Å². The van der Waals surface area contributed by atoms with Gasteiger partial charge in [0.1, 0.15) is 17.0 Å². The van der Waals surface area contributed by atoms with E-state index in [1.165, 1.54) is 11.3 Å². The predicted molar refractivity (Wildman–Crippen MR) is 96.2 cm³/mol. The van der Waals surface area contributed by atoms with Crippen LogP contribution in [0.15, 0.2) is 36.4 Å². The van der Waals surface area contributed by atoms with E-state index in [4.69, 9.17) is 9.47 Å². The SMILES string of the molecule is COc1ccc(C)c2sc(NC(=O)COc3cccc(C)c3)nc12. The normalized spacial score (nSPS) is 10.6. The average Bonchev–Trinajstić information content (AvgIpc) is 2.98. The highest BCUT2D eigenvalue weighted by molar-refractivity contribution is 7.22. The van der Waals surface area contributed by atoms with Crippen molar-refractivity contribution in [1.29, 1.82) is 0 Å². The van der Waals surface area contributed by atoms with Gasteiger partial charge in [0.05, 0.1) is 11.8 Å². The fourth-order valence-electron chi connectivity index (χ4n) is 2.34. The highest BCUT2D eigenvalue weighted by Gasteiger charge is 2.13. The molecule has 0 bridgehead atoms. The minimum Gasteiger partial charge on any atom is -0.494 e. The summed E-state index contributed by atoms with van der Waals surface area (Å²) < 4.78 is 11.8. The number of aryl methyl sites for hydroxylation is 2. The Morgan fingerprint density at radius 3 is 2.83 bits per heavy atom. The van der Waals surface area contributed by atoms with Crippen molar-refractivity contribution in [2.24, 2.45) is 0 Å². The van der Waals surface area contributed by atoms with Gasteiger partial charge in [-0.25, -0.2) is 4.98 Å². The van der Waals surface area contributed by atoms with Crippen LogP contribution in [0.3, 0.4) is 0 Å². The number of benzene rings is 2. The number of hydrogen-bond donors (Lipinski definition) is 1. The molecule has 0 aliphatic carbocycles. The van der Waals surface area contributed by atoms with Crippen LogP contribution in [0.2, 0.25) is 0 Å². The van der Waals surface area contributed by atoms with Crippen LogP contribution in [-0.2, 0) is 4.79 Å². The Morgan fingerprint density at radius 2 is 2.08 bits per heavy atom. The second-order valence-electron chi connectivity index (χ2n) is 5.43. The first-order valence-corrected chi connectivity index (χ1v) is 8.32. The Bertz CT molecular complexity index is 889. The summed E-state index contributed by atoms with van der Waals surface area (Å²) in [6.45, 7) is 3.92. The Kier molecular flexibility index (Phi) is 4.66. The van der Waals surface area contributed by atoms with Gasteiger partial charge in [0.25, 0.3) is 5.91 Å². The van der Waals surface area contributed by atoms with Gasteiger partial charge in [-0.2, -0.15) is 0 Å². The number of fused-ring (bicyclic) bond motifs is 1. The molecule has 2 aromatic carbocycles. The van der Waals surface area contributed by atoms with E-state index in [1.807, 2.05) is 50.2 Å². The summed E-state index contributed by atoms with van der Waals surface area (Å²) in [5.41, 5.74) is 2.94. The van der Waals surface area contributed by atoms with Crippen molar-refractivity contribution < 1.29 is 14.3 Å². The third kappa shape index (κ3) is 3.49. The Morgan fingerprint density at radius 1 is 1.25 bits per heavy atom. The maximum Gasteiger partial charge on any atom is 0.264 e. The first kappa shape index (κ1) is 16.3. The second kappa shape index (κ2) is 6.88. The average molecular weight is 342 g/mol. The summed E-state index contributed by atoms with van der Waals surface area (Å²) in [7, 11) is 1.61. The molecule has 0 saturated heterocycles. The molecule has 3 aromatic rings. The van der Waals surface area contributed by atoms with Crippen LogP contribution < -0.4 is 14.8 Å². The Hall–Kier alpha value is -2.60. The zero-order valence-corrected chi connectivity index (χ0v) is 14.6. The van der Waals surface area contributed by atoms with Crippen molar-refractivity contribution >= 4 is 32.6 Å². The number of rotatable bonds is 5. The fourth-order valence-corrected chi connectivity index (χ4v) is 3.30. The molecule has 1 aromatic heterocycles. The molecule has 24 heavy (non-hydrogen) atoms. The highest BCUT2D eigenvalue weighted by atomic mass is 32.1. The third-order valence-corrected chi connectivity index (χ3v) is 4.64. The summed E-state index contributed by atoms with van der Waals surface area (Å²) in [6, 6.07) is 11.4. The summed E-state index contributed by atoms with van der Waals surface area (Å²) in [5.74, 6) is 1.13. The number of carbonyl (C=O) groups excluding carboxylic acids is 1. The number of anilines is 1. The smallest absolute Gasteiger partial charge is 0.264 e. The van der Waals surface area contributed by atoms with E-state index >= 15 is 0 Å². The van der Waals surface area contributed by atoms with Crippen molar-refractivity contribution in [2.75, 3.05) is 19.0 Å². The van der Waals surface area contributed by atoms with E-state index in [1.54, 1.807) is 7.11 Å². The van der Waals surface area contributed by atoms with Gasteiger partial charge in [0.15, 0.2) is 11.7 Å². The molecule has 1 heterocycles. The van der Waals surface area contributed by atoms with Gasteiger partial charge >= 0.3 is 0 Å². The molecule has 5 nitrogen and oxygen atoms in total. The van der Waals surface area contributed by atoms with E-state index in [9.17, 15) is 4.79 Å². The monoisotopic (exact) mass is 342 g/mol. The molecule has 124 valence electrons. The molecule has 1 N–H and O–H groups in total. The minimum absolute atomic E-state index is 0.0600. The van der Waals surface area contributed by atoms with Crippen LogP contribution in [-0.4, -0.2) is 24.6 Å². The highest BCUT2D eigenvalue weighted by Crippen LogP contribution is 2.34. The zero-order chi connectivity index (χ0) is 17.1. The van der Waals surface area contributed by atoms with Crippen LogP contribution in [0.25, 0.3) is 10.2 Å². The number of nitrogens with zero attached hydrogens (tertiary/aromatic N) is 1. The van der Waals surface area contributed by atoms with Gasteiger partial charge in [-0.15, -0.1) is 0 Å². The van der Waals surface area contributed by atoms with Gasteiger partial charge < -0.3 is 9.47 Å². The van der Waals surface area contributed by atoms with Crippen molar-refractivity contribution in [3.63, 3.8) is 0 Å². The van der Waals surface area contributed by atoms with Gasteiger partial charge in [-0.3, -0.25) is 10.1 Å². The van der Waals surface area contributed by atoms with Crippen molar-refractivity contribution in [2.45, 2.75) is 13.8 Å². The van der Waals surface area contributed by atoms with Crippen molar-refractivity contribution in [1.82, 2.24) is 4.98 Å². The number of thiazole rings is 1. The molecule has 1 amide bonds. The van der Waals surface area contributed by atoms with E-state index in [0.29, 0.717) is 16.6 Å². The fraction of sp³-hybridized carbons (Fsp3) is 0.222. The van der Waals surface area contributed by atoms with Crippen LogP contribution in [0, 0.1) is 13.8 Å². The lowest BCUT2D eigenvalue weighted by molar-refractivity contribution is -0.118. The molecule has 0 fully saturated rings. The minimum atomic E-state index is -0.243. The third-order valence-electron chi connectivity index (χ3n) is 3.53. The quantitative estimate of drug-likeness (QED) is 0.763. The zero-order valence-electron chi connectivity index (χ0n) is 13.8. The number of hydrogen-bond acceptors (Lipinski definition) is 5. The van der Waals surface area contributed by atoms with E-state index in [0.717, 1.165) is 21.3 Å². The lowest BCUT2D eigenvalue weighted by atomic mass is 10.2. The van der Waals surface area contributed by atoms with Gasteiger partial charge in [0, 0.05) is 0 Å². The predicted octanol–water partition coefficient (Wildman–Crippen LogP) is 3.94. The van der Waals surface area contributed by atoms with Gasteiger partial charge in [-0.1, -0.05) is 29.5 Å². The van der Waals surface area contributed by atoms with Gasteiger partial charge in [0.2, 0.25) is 0 Å². The summed E-state index contributed by atoms with van der Waals surface area (Å²) >= 11 is 1.43. The lowest BCUT2D eigenvalue weighted by Gasteiger charge is -2.06. The van der Waals surface area contributed by atoms with Crippen LogP contribution in [0.5, 0.6) is 11.5 Å². The van der Waals surface area contributed by atoms with Crippen molar-refractivity contribution in [3.05, 3.63) is 47.5 Å². The molecule has 0 saturated carbocycles. The Labute approximate surface area is 144 Å². The van der Waals surface area contributed by atoms with Crippen molar-refractivity contribution in [3.8, 4) is 11.5 Å². The molecule has 0 aliphatic heterocycles. The molecule has 6 heteroatoms. The first-order chi connectivity index (χ1) is 11.6. The number of nitrogens with one attached hydrogen (secondary N) is 1. The summed E-state index contributed by atoms with van der Waals surface area (Å²) in [5, 5.41) is 3.32. The molecule has 0 unspecified atom stereocenters. The molecule has 0 aliphatic rings. The Balaban J connectivity index is 1.70. The molecule has 3 rings (SSSR count). The molecule has 0 atom stereocenters. The number of methoxy groups -OCH3 is 1. The van der Waals surface area contributed by atoms with E-state index < -0.39 is 0 Å². The van der Waals surface area contributed by atoms with E-state index in [2.05, 4.69) is 10.3 Å². The number of aromatic nitrogens is 1. The molecule has 0 spiro atoms. The number of ether oxygens (including phenoxy) is 2. The maximum atomic E-state index is 12.1. The molecule has 0 radical (unpaired) electrons. The summed E-state index contributed by atoms with van der Waals surface area (Å²) in [4.78, 5) is 16.5. The molecular formula is C18H18N2O3S. The topological polar surface area (TPSA) is 60.5 Å². The number of amides is 1. The standard InChI is InChI=1S/C18H18N2O3S/c1-11-5-4-6-13(9-11)23-10-15(21)19-18-20-16-14(22-3)8-7-12(2)17(16)24-18/h4-9H,10H2,1-3H3,(H,19,20,21). The molecular weight excluding hydrogens is 324 g/mol. The lowest BCUT2D eigenvalue weighted by Crippen LogP contribution is -2.20. The van der Waals surface area contributed by atoms with E-state index in [-0.39, 0.29) is 12.5 Å². The van der Waals surface area contributed by atoms with Crippen LogP contribution >= 0.6 is 11.3 Å². The number of carbonyl (C=O) groups is 1. The maximum absolute atomic E-state index is 12.1. The summed E-state index contributed by atoms with van der Waals surface area (Å²) in [6.07, 6.45) is 0. The van der Waals surface area contributed by atoms with Crippen LogP contribution in [0.4, 0.5) is 5.13 Å². The first-order valence-electron chi connectivity index (χ1n) is 7.50. The largest absolute Gasteiger partial charge is 0.494 e.